The largest absolute Gasteiger partial charge is 0.480 e. The Bertz CT molecular complexity index is 780. The summed E-state index contributed by atoms with van der Waals surface area (Å²) in [5.41, 5.74) is 18.7. The number of rotatable bonds is 7. The minimum Gasteiger partial charge on any atom is -0.480 e. The number of aliphatic carboxylic acids is 1. The summed E-state index contributed by atoms with van der Waals surface area (Å²) >= 11 is 0. The molecule has 5 atom stereocenters. The number of nitrogens with zero attached hydrogens (tertiary/aromatic N) is 4. The molecule has 8 N–H and O–H groups in total. The van der Waals surface area contributed by atoms with E-state index in [4.69, 9.17) is 22.3 Å². The number of hydrogen-bond donors (Lipinski definition) is 5. The van der Waals surface area contributed by atoms with Crippen LogP contribution in [0.5, 0.6) is 0 Å². The lowest BCUT2D eigenvalue weighted by molar-refractivity contribution is -0.138. The number of anilines is 1. The first-order chi connectivity index (χ1) is 12.4. The van der Waals surface area contributed by atoms with E-state index in [1.165, 1.54) is 6.33 Å². The number of hydrogen-bond acceptors (Lipinski definition) is 8. The van der Waals surface area contributed by atoms with Crippen LogP contribution in [0.2, 0.25) is 0 Å². The molecule has 10 nitrogen and oxygen atoms in total. The number of aliphatic hydroxyl groups excluding tert-OH is 1. The van der Waals surface area contributed by atoms with Crippen molar-refractivity contribution in [3.63, 3.8) is 0 Å². The summed E-state index contributed by atoms with van der Waals surface area (Å²) < 4.78 is 1.93. The van der Waals surface area contributed by atoms with Gasteiger partial charge in [-0.1, -0.05) is 0 Å². The number of carboxylic acid groups (broad SMARTS) is 1. The molecular weight excluding hydrogens is 338 g/mol. The fraction of sp³-hybridized carbons (Fsp3) is 0.625. The zero-order chi connectivity index (χ0) is 18.8. The van der Waals surface area contributed by atoms with Crippen LogP contribution >= 0.6 is 0 Å². The van der Waals surface area contributed by atoms with E-state index < -0.39 is 18.1 Å². The molecule has 0 aliphatic heterocycles. The molecule has 26 heavy (non-hydrogen) atoms. The van der Waals surface area contributed by atoms with Gasteiger partial charge in [0.2, 0.25) is 0 Å². The highest BCUT2D eigenvalue weighted by Gasteiger charge is 2.35. The molecule has 0 aromatic carbocycles. The Morgan fingerprint density at radius 3 is 2.77 bits per heavy atom. The average molecular weight is 363 g/mol. The Hall–Kier alpha value is -2.30. The summed E-state index contributed by atoms with van der Waals surface area (Å²) in [5.74, 6) is -0.653. The topological polar surface area (TPSA) is 179 Å². The third-order valence-corrected chi connectivity index (χ3v) is 5.18. The van der Waals surface area contributed by atoms with Crippen molar-refractivity contribution in [3.05, 3.63) is 12.7 Å². The average Bonchev–Trinajstić information content (AvgIpc) is 3.17. The molecule has 0 amide bonds. The molecule has 3 rings (SSSR count). The molecule has 10 heteroatoms. The Morgan fingerprint density at radius 2 is 2.04 bits per heavy atom. The number of imidazole rings is 1. The van der Waals surface area contributed by atoms with Crippen LogP contribution in [0.1, 0.15) is 38.1 Å². The van der Waals surface area contributed by atoms with E-state index in [0.29, 0.717) is 42.7 Å². The van der Waals surface area contributed by atoms with Crippen molar-refractivity contribution in [2.75, 3.05) is 5.73 Å². The zero-order valence-electron chi connectivity index (χ0n) is 14.4. The number of aromatic nitrogens is 4. The molecule has 1 saturated carbocycles. The van der Waals surface area contributed by atoms with E-state index in [9.17, 15) is 9.90 Å². The second-order valence-electron chi connectivity index (χ2n) is 7.05. The van der Waals surface area contributed by atoms with E-state index in [2.05, 4.69) is 15.0 Å². The second-order valence-corrected chi connectivity index (χ2v) is 7.05. The molecule has 1 aliphatic rings. The van der Waals surface area contributed by atoms with Crippen LogP contribution in [0.3, 0.4) is 0 Å². The summed E-state index contributed by atoms with van der Waals surface area (Å²) in [7, 11) is 0. The summed E-state index contributed by atoms with van der Waals surface area (Å²) in [6, 6.07) is -1.04. The first-order valence-corrected chi connectivity index (χ1v) is 8.71. The number of nitrogen functional groups attached to an aromatic ring is 1. The number of carbonyl (C=O) groups is 1. The lowest BCUT2D eigenvalue weighted by atomic mass is 9.93. The number of carboxylic acids is 1. The van der Waals surface area contributed by atoms with Crippen molar-refractivity contribution in [2.24, 2.45) is 17.4 Å². The van der Waals surface area contributed by atoms with Gasteiger partial charge in [-0.2, -0.15) is 0 Å². The van der Waals surface area contributed by atoms with Gasteiger partial charge < -0.3 is 32.0 Å². The van der Waals surface area contributed by atoms with Gasteiger partial charge in [-0.05, 0) is 38.0 Å². The normalized spacial score (nSPS) is 25.4. The predicted molar refractivity (Wildman–Crippen MR) is 94.9 cm³/mol. The van der Waals surface area contributed by atoms with Crippen LogP contribution in [0.15, 0.2) is 12.7 Å². The van der Waals surface area contributed by atoms with Crippen molar-refractivity contribution in [1.29, 1.82) is 0 Å². The van der Waals surface area contributed by atoms with Crippen LogP contribution in [0, 0.1) is 5.92 Å². The molecule has 142 valence electrons. The van der Waals surface area contributed by atoms with Crippen LogP contribution in [0.25, 0.3) is 11.2 Å². The van der Waals surface area contributed by atoms with E-state index in [1.807, 2.05) is 4.57 Å². The van der Waals surface area contributed by atoms with Crippen molar-refractivity contribution >= 4 is 23.0 Å². The van der Waals surface area contributed by atoms with Gasteiger partial charge >= 0.3 is 5.97 Å². The van der Waals surface area contributed by atoms with Crippen LogP contribution < -0.4 is 17.2 Å². The van der Waals surface area contributed by atoms with Gasteiger partial charge in [0, 0.05) is 12.1 Å². The molecule has 0 unspecified atom stereocenters. The molecule has 2 aromatic heterocycles. The summed E-state index contributed by atoms with van der Waals surface area (Å²) in [6.45, 7) is 0. The molecule has 1 fully saturated rings. The van der Waals surface area contributed by atoms with Gasteiger partial charge in [0.25, 0.3) is 0 Å². The molecule has 0 radical (unpaired) electrons. The quantitative estimate of drug-likeness (QED) is 0.438. The third kappa shape index (κ3) is 3.76. The number of nitrogens with two attached hydrogens (primary N) is 3. The van der Waals surface area contributed by atoms with Crippen LogP contribution in [-0.4, -0.2) is 53.9 Å². The zero-order valence-corrected chi connectivity index (χ0v) is 14.4. The maximum Gasteiger partial charge on any atom is 0.320 e. The van der Waals surface area contributed by atoms with Gasteiger partial charge in [-0.25, -0.2) is 15.0 Å². The summed E-state index contributed by atoms with van der Waals surface area (Å²) in [6.07, 6.45) is 5.40. The monoisotopic (exact) mass is 363 g/mol. The smallest absolute Gasteiger partial charge is 0.320 e. The van der Waals surface area contributed by atoms with E-state index in [-0.39, 0.29) is 18.0 Å². The molecule has 0 saturated heterocycles. The van der Waals surface area contributed by atoms with E-state index >= 15 is 0 Å². The third-order valence-electron chi connectivity index (χ3n) is 5.18. The second kappa shape index (κ2) is 7.52. The van der Waals surface area contributed by atoms with Gasteiger partial charge in [0.1, 0.15) is 17.9 Å². The molecule has 1 aliphatic carbocycles. The van der Waals surface area contributed by atoms with Crippen molar-refractivity contribution in [2.45, 2.75) is 56.3 Å². The Kier molecular flexibility index (Phi) is 5.35. The molecule has 2 heterocycles. The first-order valence-electron chi connectivity index (χ1n) is 8.71. The highest BCUT2D eigenvalue weighted by molar-refractivity contribution is 5.81. The van der Waals surface area contributed by atoms with Gasteiger partial charge in [-0.3, -0.25) is 4.79 Å². The summed E-state index contributed by atoms with van der Waals surface area (Å²) in [5, 5.41) is 19.3. The van der Waals surface area contributed by atoms with Crippen molar-refractivity contribution < 1.29 is 15.0 Å². The van der Waals surface area contributed by atoms with Crippen molar-refractivity contribution in [3.8, 4) is 0 Å². The predicted octanol–water partition coefficient (Wildman–Crippen LogP) is -0.370. The van der Waals surface area contributed by atoms with Crippen molar-refractivity contribution in [1.82, 2.24) is 19.5 Å². The van der Waals surface area contributed by atoms with Crippen LogP contribution in [-0.2, 0) is 4.79 Å². The molecule has 0 bridgehead atoms. The fourth-order valence-electron chi connectivity index (χ4n) is 3.72. The Morgan fingerprint density at radius 1 is 1.27 bits per heavy atom. The molecule has 0 spiro atoms. The standard InChI is InChI=1S/C16H25N7O3/c17-9(1-2-11(18)16(25)26)3-8-4-10(5-12(8)24)23-7-22-13-14(19)20-6-21-15(13)23/h6-12,24H,1-5,17-18H2,(H,25,26)(H2,19,20,21)/t8-,9-,10+,11-,12-/m0/s1. The Balaban J connectivity index is 1.62. The highest BCUT2D eigenvalue weighted by Crippen LogP contribution is 2.38. The van der Waals surface area contributed by atoms with E-state index in [0.717, 1.165) is 6.42 Å². The Labute approximate surface area is 150 Å². The van der Waals surface area contributed by atoms with E-state index in [1.54, 1.807) is 6.33 Å². The number of aliphatic hydroxyl groups is 1. The lowest BCUT2D eigenvalue weighted by Gasteiger charge is -2.20. The van der Waals surface area contributed by atoms with Gasteiger partial charge in [0.05, 0.1) is 12.4 Å². The summed E-state index contributed by atoms with van der Waals surface area (Å²) in [4.78, 5) is 23.2. The lowest BCUT2D eigenvalue weighted by Crippen LogP contribution is -2.34. The van der Waals surface area contributed by atoms with Gasteiger partial charge in [-0.15, -0.1) is 0 Å². The van der Waals surface area contributed by atoms with Gasteiger partial charge in [0.15, 0.2) is 11.5 Å². The fourth-order valence-corrected chi connectivity index (χ4v) is 3.72. The molecule has 2 aromatic rings. The minimum absolute atomic E-state index is 0.0349. The SMILES string of the molecule is Nc1ncnc2c1ncn2[C@@H]1C[C@H](C[C@@H](N)CC[C@H](N)C(=O)O)[C@@H](O)C1. The first kappa shape index (κ1) is 18.5. The maximum atomic E-state index is 10.8. The van der Waals surface area contributed by atoms with Crippen LogP contribution in [0.4, 0.5) is 5.82 Å². The maximum absolute atomic E-state index is 10.8. The highest BCUT2D eigenvalue weighted by atomic mass is 16.4. The number of fused-ring (bicyclic) bond motifs is 1. The molecular formula is C16H25N7O3. The minimum atomic E-state index is -1.02.